The number of aryl methyl sites for hydroxylation is 1. The van der Waals surface area contributed by atoms with E-state index in [1.807, 2.05) is 6.92 Å². The average molecular weight is 248 g/mol. The number of rotatable bonds is 2. The van der Waals surface area contributed by atoms with Gasteiger partial charge in [0.2, 0.25) is 0 Å². The van der Waals surface area contributed by atoms with Gasteiger partial charge in [-0.1, -0.05) is 20.8 Å². The van der Waals surface area contributed by atoms with Gasteiger partial charge in [-0.15, -0.1) is 0 Å². The third kappa shape index (κ3) is 2.57. The van der Waals surface area contributed by atoms with Crippen LogP contribution in [0.1, 0.15) is 45.0 Å². The molecule has 1 aliphatic heterocycles. The number of piperidine rings is 1. The van der Waals surface area contributed by atoms with Crippen LogP contribution in [0.4, 0.5) is 11.6 Å². The summed E-state index contributed by atoms with van der Waals surface area (Å²) in [6, 6.07) is 0. The number of nitrogens with two attached hydrogens (primary N) is 1. The molecule has 100 valence electrons. The molecular weight excluding hydrogens is 224 g/mol. The van der Waals surface area contributed by atoms with E-state index in [0.29, 0.717) is 11.2 Å². The zero-order valence-electron chi connectivity index (χ0n) is 12.0. The van der Waals surface area contributed by atoms with E-state index in [1.165, 1.54) is 12.8 Å². The van der Waals surface area contributed by atoms with Crippen molar-refractivity contribution in [2.75, 3.05) is 23.7 Å². The van der Waals surface area contributed by atoms with Crippen LogP contribution in [0.2, 0.25) is 0 Å². The van der Waals surface area contributed by atoms with Crippen molar-refractivity contribution in [1.29, 1.82) is 0 Å². The first-order valence-electron chi connectivity index (χ1n) is 6.81. The molecule has 1 aromatic rings. The van der Waals surface area contributed by atoms with E-state index in [-0.39, 0.29) is 0 Å². The summed E-state index contributed by atoms with van der Waals surface area (Å²) in [7, 11) is 0. The summed E-state index contributed by atoms with van der Waals surface area (Å²) in [6.07, 6.45) is 3.24. The fraction of sp³-hybridized carbons (Fsp3) is 0.714. The Morgan fingerprint density at radius 1 is 1.22 bits per heavy atom. The fourth-order valence-corrected chi connectivity index (χ4v) is 2.36. The SMILES string of the molecule is CCc1nc(N)c(C)c(N2CCC(C)(C)CC2)n1. The predicted molar refractivity (Wildman–Crippen MR) is 75.8 cm³/mol. The van der Waals surface area contributed by atoms with Gasteiger partial charge in [0.1, 0.15) is 17.5 Å². The maximum Gasteiger partial charge on any atom is 0.137 e. The Bertz CT molecular complexity index is 430. The molecule has 0 saturated carbocycles. The Labute approximate surface area is 110 Å². The molecule has 1 fully saturated rings. The lowest BCUT2D eigenvalue weighted by Gasteiger charge is -2.38. The summed E-state index contributed by atoms with van der Waals surface area (Å²) >= 11 is 0. The third-order valence-electron chi connectivity index (χ3n) is 3.94. The molecule has 0 aromatic carbocycles. The van der Waals surface area contributed by atoms with E-state index in [1.54, 1.807) is 0 Å². The van der Waals surface area contributed by atoms with Crippen LogP contribution in [-0.2, 0) is 6.42 Å². The van der Waals surface area contributed by atoms with Crippen molar-refractivity contribution < 1.29 is 0 Å². The van der Waals surface area contributed by atoms with Crippen LogP contribution < -0.4 is 10.6 Å². The lowest BCUT2D eigenvalue weighted by Crippen LogP contribution is -2.38. The summed E-state index contributed by atoms with van der Waals surface area (Å²) in [5.74, 6) is 2.51. The molecule has 0 spiro atoms. The molecule has 0 radical (unpaired) electrons. The van der Waals surface area contributed by atoms with Crippen molar-refractivity contribution in [1.82, 2.24) is 9.97 Å². The highest BCUT2D eigenvalue weighted by Gasteiger charge is 2.27. The Hall–Kier alpha value is -1.32. The summed E-state index contributed by atoms with van der Waals surface area (Å²) in [4.78, 5) is 11.3. The van der Waals surface area contributed by atoms with Gasteiger partial charge in [0.05, 0.1) is 0 Å². The molecule has 18 heavy (non-hydrogen) atoms. The Balaban J connectivity index is 2.26. The minimum absolute atomic E-state index is 0.455. The number of nitrogen functional groups attached to an aromatic ring is 1. The molecule has 4 heteroatoms. The van der Waals surface area contributed by atoms with Crippen LogP contribution in [0.25, 0.3) is 0 Å². The molecule has 1 aliphatic rings. The second kappa shape index (κ2) is 4.75. The van der Waals surface area contributed by atoms with Gasteiger partial charge >= 0.3 is 0 Å². The van der Waals surface area contributed by atoms with Crippen molar-refractivity contribution >= 4 is 11.6 Å². The smallest absolute Gasteiger partial charge is 0.137 e. The Kier molecular flexibility index (Phi) is 3.46. The van der Waals surface area contributed by atoms with Gasteiger partial charge in [0.25, 0.3) is 0 Å². The highest BCUT2D eigenvalue weighted by Crippen LogP contribution is 2.33. The van der Waals surface area contributed by atoms with E-state index in [2.05, 4.69) is 35.6 Å². The van der Waals surface area contributed by atoms with Crippen molar-refractivity contribution in [3.8, 4) is 0 Å². The largest absolute Gasteiger partial charge is 0.383 e. The number of nitrogens with zero attached hydrogens (tertiary/aromatic N) is 3. The van der Waals surface area contributed by atoms with Gasteiger partial charge < -0.3 is 10.6 Å². The van der Waals surface area contributed by atoms with Crippen LogP contribution in [-0.4, -0.2) is 23.1 Å². The van der Waals surface area contributed by atoms with E-state index in [4.69, 9.17) is 5.73 Å². The normalized spacial score (nSPS) is 19.0. The third-order valence-corrected chi connectivity index (χ3v) is 3.94. The second-order valence-corrected chi connectivity index (χ2v) is 5.98. The molecule has 0 unspecified atom stereocenters. The monoisotopic (exact) mass is 248 g/mol. The first kappa shape index (κ1) is 13.1. The molecule has 2 heterocycles. The fourth-order valence-electron chi connectivity index (χ4n) is 2.36. The highest BCUT2D eigenvalue weighted by molar-refractivity contribution is 5.56. The minimum atomic E-state index is 0.455. The van der Waals surface area contributed by atoms with E-state index < -0.39 is 0 Å². The number of anilines is 2. The first-order chi connectivity index (χ1) is 8.43. The standard InChI is InChI=1S/C14H24N4/c1-5-11-16-12(15)10(2)13(17-11)18-8-6-14(3,4)7-9-18/h5-9H2,1-4H3,(H2,15,16,17). The van der Waals surface area contributed by atoms with Crippen LogP contribution in [0.15, 0.2) is 0 Å². The zero-order valence-corrected chi connectivity index (χ0v) is 12.0. The molecule has 2 rings (SSSR count). The summed E-state index contributed by atoms with van der Waals surface area (Å²) in [6.45, 7) is 10.9. The molecule has 1 saturated heterocycles. The van der Waals surface area contributed by atoms with Crippen molar-refractivity contribution in [3.05, 3.63) is 11.4 Å². The maximum absolute atomic E-state index is 5.98. The molecule has 0 aliphatic carbocycles. The molecule has 0 amide bonds. The molecule has 0 bridgehead atoms. The lowest BCUT2D eigenvalue weighted by molar-refractivity contribution is 0.279. The molecule has 2 N–H and O–H groups in total. The maximum atomic E-state index is 5.98. The second-order valence-electron chi connectivity index (χ2n) is 5.98. The van der Waals surface area contributed by atoms with E-state index in [9.17, 15) is 0 Å². The van der Waals surface area contributed by atoms with Crippen molar-refractivity contribution in [2.45, 2.75) is 47.0 Å². The Morgan fingerprint density at radius 3 is 2.39 bits per heavy atom. The van der Waals surface area contributed by atoms with Gasteiger partial charge in [0.15, 0.2) is 0 Å². The average Bonchev–Trinajstić information content (AvgIpc) is 2.33. The van der Waals surface area contributed by atoms with Gasteiger partial charge in [-0.3, -0.25) is 0 Å². The number of aromatic nitrogens is 2. The van der Waals surface area contributed by atoms with Crippen molar-refractivity contribution in [3.63, 3.8) is 0 Å². The minimum Gasteiger partial charge on any atom is -0.383 e. The van der Waals surface area contributed by atoms with Crippen molar-refractivity contribution in [2.24, 2.45) is 5.41 Å². The predicted octanol–water partition coefficient (Wildman–Crippen LogP) is 2.56. The van der Waals surface area contributed by atoms with Gasteiger partial charge in [-0.2, -0.15) is 0 Å². The van der Waals surface area contributed by atoms with Gasteiger partial charge in [-0.05, 0) is 25.2 Å². The topological polar surface area (TPSA) is 55.0 Å². The summed E-state index contributed by atoms with van der Waals surface area (Å²) < 4.78 is 0. The summed E-state index contributed by atoms with van der Waals surface area (Å²) in [5.41, 5.74) is 7.45. The molecule has 4 nitrogen and oxygen atoms in total. The molecular formula is C14H24N4. The van der Waals surface area contributed by atoms with E-state index >= 15 is 0 Å². The Morgan fingerprint density at radius 2 is 1.83 bits per heavy atom. The van der Waals surface area contributed by atoms with Crippen LogP contribution >= 0.6 is 0 Å². The van der Waals surface area contributed by atoms with Gasteiger partial charge in [-0.25, -0.2) is 9.97 Å². The summed E-state index contributed by atoms with van der Waals surface area (Å²) in [5, 5.41) is 0. The van der Waals surface area contributed by atoms with E-state index in [0.717, 1.165) is 36.7 Å². The van der Waals surface area contributed by atoms with Crippen LogP contribution in [0.5, 0.6) is 0 Å². The van der Waals surface area contributed by atoms with Crippen LogP contribution in [0.3, 0.4) is 0 Å². The molecule has 1 aromatic heterocycles. The quantitative estimate of drug-likeness (QED) is 0.874. The highest BCUT2D eigenvalue weighted by atomic mass is 15.2. The van der Waals surface area contributed by atoms with Crippen LogP contribution in [0, 0.1) is 12.3 Å². The number of hydrogen-bond acceptors (Lipinski definition) is 4. The zero-order chi connectivity index (χ0) is 13.3. The lowest BCUT2D eigenvalue weighted by atomic mass is 9.82. The first-order valence-corrected chi connectivity index (χ1v) is 6.81. The number of hydrogen-bond donors (Lipinski definition) is 1. The van der Waals surface area contributed by atoms with Gasteiger partial charge in [0, 0.05) is 25.1 Å². The molecule has 0 atom stereocenters.